The first kappa shape index (κ1) is 12.5. The molecule has 1 aliphatic rings. The minimum Gasteiger partial charge on any atom is -0.357 e. The van der Waals surface area contributed by atoms with Gasteiger partial charge < -0.3 is 10.2 Å². The van der Waals surface area contributed by atoms with Gasteiger partial charge in [-0.15, -0.1) is 0 Å². The molecule has 0 radical (unpaired) electrons. The summed E-state index contributed by atoms with van der Waals surface area (Å²) in [4.78, 5) is 24.9. The van der Waals surface area contributed by atoms with Crippen molar-refractivity contribution in [3.8, 4) is 0 Å². The molecule has 0 saturated carbocycles. The van der Waals surface area contributed by atoms with Crippen molar-refractivity contribution < 1.29 is 9.59 Å². The molecule has 1 fully saturated rings. The summed E-state index contributed by atoms with van der Waals surface area (Å²) in [5.41, 5.74) is 0. The average Bonchev–Trinajstić information content (AvgIpc) is 2.27. The third-order valence-corrected chi connectivity index (χ3v) is 3.07. The van der Waals surface area contributed by atoms with Gasteiger partial charge in [-0.05, 0) is 26.2 Å². The molecule has 5 heteroatoms. The van der Waals surface area contributed by atoms with E-state index in [1.807, 2.05) is 0 Å². The molecule has 2 atom stereocenters. The molecule has 1 aliphatic heterocycles. The van der Waals surface area contributed by atoms with Crippen molar-refractivity contribution in [1.82, 2.24) is 10.2 Å². The normalized spacial score (nSPS) is 23.4. The summed E-state index contributed by atoms with van der Waals surface area (Å²) in [5.74, 6) is -0.0560. The second kappa shape index (κ2) is 5.49. The Morgan fingerprint density at radius 2 is 2.13 bits per heavy atom. The lowest BCUT2D eigenvalue weighted by Gasteiger charge is -2.35. The molecule has 1 rings (SSSR count). The van der Waals surface area contributed by atoms with E-state index in [4.69, 9.17) is 0 Å². The summed E-state index contributed by atoms with van der Waals surface area (Å²) in [6.45, 7) is 2.48. The number of amides is 2. The lowest BCUT2D eigenvalue weighted by molar-refractivity contribution is -0.141. The highest BCUT2D eigenvalue weighted by Crippen LogP contribution is 2.19. The van der Waals surface area contributed by atoms with Crippen LogP contribution in [-0.2, 0) is 9.59 Å². The molecular weight excluding hydrogens is 260 g/mol. The third kappa shape index (κ3) is 2.93. The minimum absolute atomic E-state index is 0.00306. The molecule has 2 amide bonds. The van der Waals surface area contributed by atoms with Gasteiger partial charge in [-0.1, -0.05) is 15.9 Å². The largest absolute Gasteiger partial charge is 0.357 e. The van der Waals surface area contributed by atoms with Crippen LogP contribution in [0.25, 0.3) is 0 Å². The molecule has 1 saturated heterocycles. The molecule has 0 aliphatic carbocycles. The number of carbonyl (C=O) groups is 2. The van der Waals surface area contributed by atoms with Crippen LogP contribution in [0.4, 0.5) is 0 Å². The highest BCUT2D eigenvalue weighted by molar-refractivity contribution is 9.10. The first-order valence-corrected chi connectivity index (χ1v) is 6.15. The Labute approximate surface area is 98.5 Å². The molecule has 0 aromatic rings. The SMILES string of the molecule is CNC(=O)C1CCCCN1C(=O)C(C)Br. The molecule has 0 bridgehead atoms. The van der Waals surface area contributed by atoms with E-state index in [-0.39, 0.29) is 22.7 Å². The fraction of sp³-hybridized carbons (Fsp3) is 0.800. The smallest absolute Gasteiger partial charge is 0.242 e. The average molecular weight is 277 g/mol. The van der Waals surface area contributed by atoms with Gasteiger partial charge in [0.25, 0.3) is 0 Å². The Hall–Kier alpha value is -0.580. The van der Waals surface area contributed by atoms with Crippen LogP contribution < -0.4 is 5.32 Å². The summed E-state index contributed by atoms with van der Waals surface area (Å²) >= 11 is 3.25. The second-order valence-electron chi connectivity index (χ2n) is 3.77. The van der Waals surface area contributed by atoms with E-state index in [0.29, 0.717) is 6.54 Å². The van der Waals surface area contributed by atoms with Crippen molar-refractivity contribution in [2.24, 2.45) is 0 Å². The number of nitrogens with zero attached hydrogens (tertiary/aromatic N) is 1. The fourth-order valence-corrected chi connectivity index (χ4v) is 2.13. The highest BCUT2D eigenvalue weighted by atomic mass is 79.9. The Kier molecular flexibility index (Phi) is 4.57. The molecular formula is C10H17BrN2O2. The fourth-order valence-electron chi connectivity index (χ4n) is 1.86. The molecule has 86 valence electrons. The van der Waals surface area contributed by atoms with Crippen LogP contribution in [0.15, 0.2) is 0 Å². The van der Waals surface area contributed by atoms with Crippen LogP contribution in [0, 0.1) is 0 Å². The van der Waals surface area contributed by atoms with Gasteiger partial charge >= 0.3 is 0 Å². The Morgan fingerprint density at radius 3 is 2.67 bits per heavy atom. The molecule has 1 N–H and O–H groups in total. The summed E-state index contributed by atoms with van der Waals surface area (Å²) < 4.78 is 0. The number of hydrogen-bond acceptors (Lipinski definition) is 2. The lowest BCUT2D eigenvalue weighted by atomic mass is 10.0. The number of halogens is 1. The topological polar surface area (TPSA) is 49.4 Å². The zero-order valence-corrected chi connectivity index (χ0v) is 10.7. The van der Waals surface area contributed by atoms with Gasteiger partial charge in [0.1, 0.15) is 6.04 Å². The van der Waals surface area contributed by atoms with Crippen molar-refractivity contribution in [2.75, 3.05) is 13.6 Å². The predicted octanol–water partition coefficient (Wildman–Crippen LogP) is 0.897. The van der Waals surface area contributed by atoms with Gasteiger partial charge in [-0.25, -0.2) is 0 Å². The summed E-state index contributed by atoms with van der Waals surface area (Å²) in [6, 6.07) is -0.281. The number of likely N-dealkylation sites (N-methyl/N-ethyl adjacent to an activating group) is 1. The van der Waals surface area contributed by atoms with Crippen LogP contribution in [-0.4, -0.2) is 41.2 Å². The monoisotopic (exact) mass is 276 g/mol. The van der Waals surface area contributed by atoms with Crippen molar-refractivity contribution in [3.05, 3.63) is 0 Å². The van der Waals surface area contributed by atoms with E-state index in [9.17, 15) is 9.59 Å². The van der Waals surface area contributed by atoms with Gasteiger partial charge in [0.15, 0.2) is 0 Å². The van der Waals surface area contributed by atoms with Crippen LogP contribution >= 0.6 is 15.9 Å². The van der Waals surface area contributed by atoms with Crippen LogP contribution in [0.5, 0.6) is 0 Å². The molecule has 4 nitrogen and oxygen atoms in total. The number of piperidine rings is 1. The van der Waals surface area contributed by atoms with E-state index in [0.717, 1.165) is 19.3 Å². The standard InChI is InChI=1S/C10H17BrN2O2/c1-7(11)10(15)13-6-4-3-5-8(13)9(14)12-2/h7-8H,3-6H2,1-2H3,(H,12,14). The van der Waals surface area contributed by atoms with Crippen LogP contribution in [0.2, 0.25) is 0 Å². The predicted molar refractivity (Wildman–Crippen MR) is 61.8 cm³/mol. The molecule has 15 heavy (non-hydrogen) atoms. The Bertz CT molecular complexity index is 256. The molecule has 2 unspecified atom stereocenters. The van der Waals surface area contributed by atoms with E-state index >= 15 is 0 Å². The summed E-state index contributed by atoms with van der Waals surface area (Å²) in [5, 5.41) is 2.61. The maximum atomic E-state index is 11.8. The summed E-state index contributed by atoms with van der Waals surface area (Å²) in [6.07, 6.45) is 2.77. The zero-order valence-electron chi connectivity index (χ0n) is 9.12. The van der Waals surface area contributed by atoms with Gasteiger partial charge in [-0.3, -0.25) is 9.59 Å². The number of carbonyl (C=O) groups excluding carboxylic acids is 2. The van der Waals surface area contributed by atoms with Crippen molar-refractivity contribution >= 4 is 27.7 Å². The van der Waals surface area contributed by atoms with Gasteiger partial charge in [0.05, 0.1) is 4.83 Å². The Balaban J connectivity index is 2.73. The third-order valence-electron chi connectivity index (χ3n) is 2.68. The first-order valence-electron chi connectivity index (χ1n) is 5.24. The zero-order chi connectivity index (χ0) is 11.4. The maximum absolute atomic E-state index is 11.8. The molecule has 0 aromatic heterocycles. The number of alkyl halides is 1. The summed E-state index contributed by atoms with van der Waals surface area (Å²) in [7, 11) is 1.61. The van der Waals surface area contributed by atoms with E-state index in [2.05, 4.69) is 21.2 Å². The van der Waals surface area contributed by atoms with Gasteiger partial charge in [0.2, 0.25) is 11.8 Å². The molecule has 1 heterocycles. The number of nitrogens with one attached hydrogen (secondary N) is 1. The maximum Gasteiger partial charge on any atom is 0.242 e. The lowest BCUT2D eigenvalue weighted by Crippen LogP contribution is -2.52. The number of hydrogen-bond donors (Lipinski definition) is 1. The molecule has 0 spiro atoms. The van der Waals surface area contributed by atoms with E-state index in [1.165, 1.54) is 0 Å². The van der Waals surface area contributed by atoms with Crippen LogP contribution in [0.1, 0.15) is 26.2 Å². The quantitative estimate of drug-likeness (QED) is 0.762. The van der Waals surface area contributed by atoms with Crippen molar-refractivity contribution in [3.63, 3.8) is 0 Å². The highest BCUT2D eigenvalue weighted by Gasteiger charge is 2.32. The first-order chi connectivity index (χ1) is 7.07. The second-order valence-corrected chi connectivity index (χ2v) is 5.15. The van der Waals surface area contributed by atoms with Gasteiger partial charge in [0, 0.05) is 13.6 Å². The van der Waals surface area contributed by atoms with Gasteiger partial charge in [-0.2, -0.15) is 0 Å². The Morgan fingerprint density at radius 1 is 1.47 bits per heavy atom. The van der Waals surface area contributed by atoms with Crippen molar-refractivity contribution in [1.29, 1.82) is 0 Å². The van der Waals surface area contributed by atoms with E-state index < -0.39 is 0 Å². The van der Waals surface area contributed by atoms with E-state index in [1.54, 1.807) is 18.9 Å². The molecule has 0 aromatic carbocycles. The minimum atomic E-state index is -0.281. The van der Waals surface area contributed by atoms with Crippen LogP contribution in [0.3, 0.4) is 0 Å². The number of rotatable bonds is 2. The van der Waals surface area contributed by atoms with Crippen molar-refractivity contribution in [2.45, 2.75) is 37.1 Å². The number of likely N-dealkylation sites (tertiary alicyclic amines) is 1.